The summed E-state index contributed by atoms with van der Waals surface area (Å²) in [5.41, 5.74) is 0. The molecule has 0 aromatic heterocycles. The van der Waals surface area contributed by atoms with Crippen molar-refractivity contribution in [3.63, 3.8) is 0 Å². The van der Waals surface area contributed by atoms with Crippen LogP contribution in [0, 0.1) is 0 Å². The Labute approximate surface area is 361 Å². The first-order valence-electron chi connectivity index (χ1n) is 22.8. The molecule has 5 atom stereocenters. The summed E-state index contributed by atoms with van der Waals surface area (Å²) in [7, 11) is -9.68. The number of rotatable bonds is 42. The van der Waals surface area contributed by atoms with E-state index in [1.807, 2.05) is 0 Å². The van der Waals surface area contributed by atoms with Crippen LogP contribution in [0.2, 0.25) is 0 Å². The fourth-order valence-corrected chi connectivity index (χ4v) is 7.48. The average Bonchev–Trinajstić information content (AvgIpc) is 3.96. The topological polar surface area (TPSA) is 208 Å². The molecule has 1 aliphatic heterocycles. The lowest BCUT2D eigenvalue weighted by Crippen LogP contribution is -2.30. The number of aliphatic hydroxyl groups is 1. The number of hydrogen-bond acceptors (Lipinski definition) is 11. The first kappa shape index (κ1) is 56.3. The molecular formula is C44H80O14P2. The van der Waals surface area contributed by atoms with Gasteiger partial charge in [0.1, 0.15) is 12.7 Å². The third-order valence-electron chi connectivity index (χ3n) is 9.92. The smallest absolute Gasteiger partial charge is 0.462 e. The summed E-state index contributed by atoms with van der Waals surface area (Å²) >= 11 is 0. The van der Waals surface area contributed by atoms with Crippen LogP contribution in [-0.2, 0) is 46.5 Å². The van der Waals surface area contributed by atoms with E-state index in [1.165, 1.54) is 38.5 Å². The average molecular weight is 895 g/mol. The van der Waals surface area contributed by atoms with Gasteiger partial charge in [0.2, 0.25) is 0 Å². The van der Waals surface area contributed by atoms with Crippen LogP contribution >= 0.6 is 15.6 Å². The molecule has 60 heavy (non-hydrogen) atoms. The third-order valence-corrected chi connectivity index (χ3v) is 11.4. The van der Waals surface area contributed by atoms with Gasteiger partial charge in [0.05, 0.1) is 32.0 Å². The second kappa shape index (κ2) is 36.8. The van der Waals surface area contributed by atoms with Crippen molar-refractivity contribution >= 4 is 27.6 Å². The van der Waals surface area contributed by atoms with Crippen molar-refractivity contribution in [3.05, 3.63) is 36.5 Å². The minimum absolute atomic E-state index is 0.116. The Kier molecular flexibility index (Phi) is 34.5. The van der Waals surface area contributed by atoms with Crippen LogP contribution in [-0.4, -0.2) is 82.6 Å². The van der Waals surface area contributed by atoms with Crippen LogP contribution in [0.1, 0.15) is 181 Å². The van der Waals surface area contributed by atoms with E-state index in [2.05, 4.69) is 54.8 Å². The number of phosphoric ester groups is 2. The molecule has 1 heterocycles. The van der Waals surface area contributed by atoms with Gasteiger partial charge >= 0.3 is 27.6 Å². The Morgan fingerprint density at radius 2 is 1.08 bits per heavy atom. The van der Waals surface area contributed by atoms with E-state index in [9.17, 15) is 28.7 Å². The molecule has 0 saturated carbocycles. The van der Waals surface area contributed by atoms with Gasteiger partial charge in [-0.25, -0.2) is 9.13 Å². The molecular weight excluding hydrogens is 814 g/mol. The van der Waals surface area contributed by atoms with Gasteiger partial charge in [-0.3, -0.25) is 23.2 Å². The molecule has 0 aliphatic carbocycles. The molecule has 0 aromatic rings. The molecule has 0 aromatic carbocycles. The highest BCUT2D eigenvalue weighted by molar-refractivity contribution is 7.47. The minimum Gasteiger partial charge on any atom is -0.462 e. The van der Waals surface area contributed by atoms with Gasteiger partial charge in [0.25, 0.3) is 0 Å². The molecule has 3 unspecified atom stereocenters. The molecule has 1 aliphatic rings. The summed E-state index contributed by atoms with van der Waals surface area (Å²) in [4.78, 5) is 52.8. The summed E-state index contributed by atoms with van der Waals surface area (Å²) in [6, 6.07) is 0. The van der Waals surface area contributed by atoms with Crippen molar-refractivity contribution in [2.24, 2.45) is 0 Å². The Balaban J connectivity index is 2.35. The lowest BCUT2D eigenvalue weighted by molar-refractivity contribution is -0.161. The summed E-state index contributed by atoms with van der Waals surface area (Å²) in [6.07, 6.45) is 37.2. The molecule has 0 spiro atoms. The number of carbonyl (C=O) groups is 2. The van der Waals surface area contributed by atoms with Gasteiger partial charge < -0.3 is 34.0 Å². The summed E-state index contributed by atoms with van der Waals surface area (Å²) in [5.74, 6) is -1.06. The lowest BCUT2D eigenvalue weighted by atomic mass is 10.1. The SMILES string of the molecule is CCCCC/C=C\C/C=C\CCCCCCCCCC(=O)O[C@H](COC(=O)CCCCCCCC1OC1C/C=C\CCCCC)COP(=O)(O)OC[C@@H](O)COP(=O)(O)O. The first-order chi connectivity index (χ1) is 28.8. The number of carbonyl (C=O) groups excluding carboxylic acids is 2. The molecule has 14 nitrogen and oxygen atoms in total. The second-order valence-electron chi connectivity index (χ2n) is 15.7. The number of phosphoric acid groups is 2. The number of epoxide rings is 1. The van der Waals surface area contributed by atoms with E-state index in [0.29, 0.717) is 25.0 Å². The van der Waals surface area contributed by atoms with Crippen molar-refractivity contribution < 1.29 is 66.3 Å². The van der Waals surface area contributed by atoms with Gasteiger partial charge in [0, 0.05) is 12.8 Å². The van der Waals surface area contributed by atoms with Crippen LogP contribution < -0.4 is 0 Å². The van der Waals surface area contributed by atoms with Crippen LogP contribution in [0.25, 0.3) is 0 Å². The van der Waals surface area contributed by atoms with Gasteiger partial charge in [-0.2, -0.15) is 0 Å². The molecule has 4 N–H and O–H groups in total. The minimum atomic E-state index is -4.87. The Bertz CT molecular complexity index is 1270. The van der Waals surface area contributed by atoms with Gasteiger partial charge in [-0.1, -0.05) is 134 Å². The Morgan fingerprint density at radius 3 is 1.68 bits per heavy atom. The highest BCUT2D eigenvalue weighted by Gasteiger charge is 2.36. The number of hydrogen-bond donors (Lipinski definition) is 4. The zero-order chi connectivity index (χ0) is 44.2. The maximum Gasteiger partial charge on any atom is 0.472 e. The van der Waals surface area contributed by atoms with E-state index in [1.54, 1.807) is 0 Å². The standard InChI is InChI=1S/C44H80O14P2/c1-3-5-7-9-11-12-13-14-15-16-17-18-19-20-21-25-30-34-44(47)57-40(38-56-60(51,52)55-36-39(45)35-54-59(48,49)50)37-53-43(46)33-29-26-22-24-28-32-42-41(58-42)31-27-23-10-8-6-4-2/h11-12,14-15,23,27,39-42,45H,3-10,13,16-22,24-26,28-38H2,1-2H3,(H,51,52)(H2,48,49,50)/b12-11-,15-14-,27-23-/t39-,40+,41?,42?/m0/s1. The monoisotopic (exact) mass is 895 g/mol. The predicted molar refractivity (Wildman–Crippen MR) is 234 cm³/mol. The normalized spacial score (nSPS) is 17.7. The number of unbranched alkanes of at least 4 members (excludes halogenated alkanes) is 17. The maximum absolute atomic E-state index is 12.7. The zero-order valence-electron chi connectivity index (χ0n) is 36.8. The van der Waals surface area contributed by atoms with Crippen LogP contribution in [0.5, 0.6) is 0 Å². The molecule has 0 bridgehead atoms. The van der Waals surface area contributed by atoms with E-state index in [0.717, 1.165) is 103 Å². The second-order valence-corrected chi connectivity index (χ2v) is 18.4. The maximum atomic E-state index is 12.7. The van der Waals surface area contributed by atoms with Crippen LogP contribution in [0.15, 0.2) is 36.5 Å². The fraction of sp³-hybridized carbons (Fsp3) is 0.818. The largest absolute Gasteiger partial charge is 0.472 e. The molecule has 1 rings (SSSR count). The lowest BCUT2D eigenvalue weighted by Gasteiger charge is -2.20. The van der Waals surface area contributed by atoms with E-state index < -0.39 is 66.2 Å². The van der Waals surface area contributed by atoms with Crippen molar-refractivity contribution in [2.75, 3.05) is 26.4 Å². The Morgan fingerprint density at radius 1 is 0.583 bits per heavy atom. The number of allylic oxidation sites excluding steroid dienone is 5. The van der Waals surface area contributed by atoms with Gasteiger partial charge in [-0.15, -0.1) is 0 Å². The van der Waals surface area contributed by atoms with Gasteiger partial charge in [0.15, 0.2) is 6.10 Å². The predicted octanol–water partition coefficient (Wildman–Crippen LogP) is 10.7. The van der Waals surface area contributed by atoms with Crippen molar-refractivity contribution in [1.82, 2.24) is 0 Å². The molecule has 350 valence electrons. The Hall–Kier alpha value is -1.70. The summed E-state index contributed by atoms with van der Waals surface area (Å²) in [5, 5.41) is 9.76. The molecule has 0 radical (unpaired) electrons. The van der Waals surface area contributed by atoms with Gasteiger partial charge in [-0.05, 0) is 70.6 Å². The van der Waals surface area contributed by atoms with Crippen molar-refractivity contribution in [1.29, 1.82) is 0 Å². The molecule has 1 saturated heterocycles. The van der Waals surface area contributed by atoms with E-state index in [-0.39, 0.29) is 12.8 Å². The molecule has 1 fully saturated rings. The number of esters is 2. The first-order valence-corrected chi connectivity index (χ1v) is 25.8. The van der Waals surface area contributed by atoms with Crippen LogP contribution in [0.4, 0.5) is 0 Å². The zero-order valence-corrected chi connectivity index (χ0v) is 38.5. The third kappa shape index (κ3) is 36.9. The van der Waals surface area contributed by atoms with E-state index in [4.69, 9.17) is 33.0 Å². The quantitative estimate of drug-likeness (QED) is 0.0148. The molecule has 16 heteroatoms. The number of aliphatic hydroxyl groups excluding tert-OH is 1. The van der Waals surface area contributed by atoms with E-state index >= 15 is 0 Å². The highest BCUT2D eigenvalue weighted by atomic mass is 31.2. The van der Waals surface area contributed by atoms with Crippen LogP contribution in [0.3, 0.4) is 0 Å². The fourth-order valence-electron chi connectivity index (χ4n) is 6.33. The highest BCUT2D eigenvalue weighted by Crippen LogP contribution is 2.44. The van der Waals surface area contributed by atoms with Crippen molar-refractivity contribution in [3.8, 4) is 0 Å². The molecule has 0 amide bonds. The summed E-state index contributed by atoms with van der Waals surface area (Å²) < 4.78 is 53.6. The van der Waals surface area contributed by atoms with Crippen molar-refractivity contribution in [2.45, 2.75) is 205 Å². The number of ether oxygens (including phenoxy) is 3. The summed E-state index contributed by atoms with van der Waals surface area (Å²) in [6.45, 7) is 1.68.